The molecule has 0 atom stereocenters. The van der Waals surface area contributed by atoms with Gasteiger partial charge in [0.1, 0.15) is 11.6 Å². The van der Waals surface area contributed by atoms with Crippen LogP contribution in [0.3, 0.4) is 0 Å². The number of rotatable bonds is 5. The zero-order chi connectivity index (χ0) is 24.4. The Balaban J connectivity index is 1.38. The Hall–Kier alpha value is -4.04. The largest absolute Gasteiger partial charge is 0.397 e. The molecule has 178 valence electrons. The number of aromatic amines is 1. The van der Waals surface area contributed by atoms with E-state index in [-0.39, 0.29) is 17.1 Å². The van der Waals surface area contributed by atoms with Gasteiger partial charge in [0.25, 0.3) is 5.91 Å². The molecule has 0 radical (unpaired) electrons. The van der Waals surface area contributed by atoms with Crippen LogP contribution in [0.1, 0.15) is 40.4 Å². The fourth-order valence-corrected chi connectivity index (χ4v) is 4.54. The summed E-state index contributed by atoms with van der Waals surface area (Å²) in [6.07, 6.45) is 1.53. The molecule has 0 saturated carbocycles. The number of nitrogens with zero attached hydrogens (tertiary/aromatic N) is 2. The van der Waals surface area contributed by atoms with Crippen LogP contribution in [0.15, 0.2) is 66.7 Å². The minimum atomic E-state index is -0.355. The fourth-order valence-electron chi connectivity index (χ4n) is 4.54. The summed E-state index contributed by atoms with van der Waals surface area (Å²) in [4.78, 5) is 17.6. The molecule has 1 aliphatic rings. The average molecular weight is 472 g/mol. The highest BCUT2D eigenvalue weighted by Gasteiger charge is 2.39. The van der Waals surface area contributed by atoms with Crippen LogP contribution in [0.2, 0.25) is 0 Å². The Morgan fingerprint density at radius 1 is 1.03 bits per heavy atom. The van der Waals surface area contributed by atoms with Crippen LogP contribution < -0.4 is 11.1 Å². The molecule has 2 heterocycles. The lowest BCUT2D eigenvalue weighted by Crippen LogP contribution is -2.36. The number of anilines is 2. The van der Waals surface area contributed by atoms with Crippen LogP contribution in [0.25, 0.3) is 11.1 Å². The van der Waals surface area contributed by atoms with Crippen molar-refractivity contribution in [3.05, 3.63) is 95.3 Å². The van der Waals surface area contributed by atoms with Gasteiger partial charge >= 0.3 is 0 Å². The maximum Gasteiger partial charge on any atom is 0.255 e. The molecule has 35 heavy (non-hydrogen) atoms. The topological polar surface area (TPSA) is 106 Å². The molecule has 5 rings (SSSR count). The van der Waals surface area contributed by atoms with Crippen molar-refractivity contribution in [2.75, 3.05) is 24.3 Å². The number of ether oxygens (including phenoxy) is 1. The first-order valence-corrected chi connectivity index (χ1v) is 11.5. The SMILES string of the molecule is Cc1nc(C2(c3ccc(C(=O)Nc4cc(-c5ccc(F)cc5)ccc4N)cc3)CCOCC2)n[nH]1. The fraction of sp³-hybridized carbons (Fsp3) is 0.222. The summed E-state index contributed by atoms with van der Waals surface area (Å²) < 4.78 is 18.9. The Labute approximate surface area is 202 Å². The molecule has 7 nitrogen and oxygen atoms in total. The minimum absolute atomic E-state index is 0.269. The van der Waals surface area contributed by atoms with Gasteiger partial charge in [-0.3, -0.25) is 9.89 Å². The van der Waals surface area contributed by atoms with Crippen LogP contribution in [0.5, 0.6) is 0 Å². The van der Waals surface area contributed by atoms with Crippen LogP contribution in [0, 0.1) is 12.7 Å². The van der Waals surface area contributed by atoms with Crippen LogP contribution in [-0.2, 0) is 10.2 Å². The molecule has 1 fully saturated rings. The highest BCUT2D eigenvalue weighted by molar-refractivity contribution is 6.06. The standard InChI is InChI=1S/C27H26FN5O2/c1-17-30-26(33-32-17)27(12-14-35-15-13-27)21-7-2-19(3-8-21)25(34)31-24-16-20(6-11-23(24)29)18-4-9-22(28)10-5-18/h2-11,16H,12-15,29H2,1H3,(H,31,34)(H,30,32,33). The normalized spacial score (nSPS) is 15.0. The third kappa shape index (κ3) is 4.52. The van der Waals surface area contributed by atoms with Gasteiger partial charge in [0.2, 0.25) is 0 Å². The van der Waals surface area contributed by atoms with Crippen molar-refractivity contribution in [3.63, 3.8) is 0 Å². The lowest BCUT2D eigenvalue weighted by molar-refractivity contribution is 0.0605. The molecule has 0 bridgehead atoms. The molecule has 1 aromatic heterocycles. The molecule has 0 aliphatic carbocycles. The van der Waals surface area contributed by atoms with Gasteiger partial charge < -0.3 is 15.8 Å². The van der Waals surface area contributed by atoms with E-state index in [1.165, 1.54) is 12.1 Å². The molecule has 1 saturated heterocycles. The predicted molar refractivity (Wildman–Crippen MR) is 133 cm³/mol. The van der Waals surface area contributed by atoms with Crippen LogP contribution in [-0.4, -0.2) is 34.3 Å². The maximum absolute atomic E-state index is 13.3. The van der Waals surface area contributed by atoms with Crippen molar-refractivity contribution < 1.29 is 13.9 Å². The Morgan fingerprint density at radius 2 is 1.71 bits per heavy atom. The molecule has 4 aromatic rings. The molecule has 1 aliphatic heterocycles. The summed E-state index contributed by atoms with van der Waals surface area (Å²) in [6, 6.07) is 19.1. The molecule has 1 amide bonds. The summed E-state index contributed by atoms with van der Waals surface area (Å²) in [7, 11) is 0. The Bertz CT molecular complexity index is 1340. The number of hydrogen-bond acceptors (Lipinski definition) is 5. The number of benzene rings is 3. The van der Waals surface area contributed by atoms with E-state index >= 15 is 0 Å². The second-order valence-electron chi connectivity index (χ2n) is 8.78. The smallest absolute Gasteiger partial charge is 0.255 e. The zero-order valence-corrected chi connectivity index (χ0v) is 19.3. The lowest BCUT2D eigenvalue weighted by Gasteiger charge is -2.35. The first-order chi connectivity index (χ1) is 16.9. The van der Waals surface area contributed by atoms with Gasteiger partial charge in [-0.05, 0) is 72.9 Å². The summed E-state index contributed by atoms with van der Waals surface area (Å²) in [5.74, 6) is 0.944. The molecule has 3 aromatic carbocycles. The summed E-state index contributed by atoms with van der Waals surface area (Å²) in [6.45, 7) is 3.13. The number of nitrogen functional groups attached to an aromatic ring is 1. The quantitative estimate of drug-likeness (QED) is 0.361. The van der Waals surface area contributed by atoms with Gasteiger partial charge in [-0.2, -0.15) is 5.10 Å². The van der Waals surface area contributed by atoms with Gasteiger partial charge in [0.05, 0.1) is 16.8 Å². The van der Waals surface area contributed by atoms with Crippen molar-refractivity contribution in [2.45, 2.75) is 25.2 Å². The van der Waals surface area contributed by atoms with Gasteiger partial charge in [-0.15, -0.1) is 0 Å². The highest BCUT2D eigenvalue weighted by Crippen LogP contribution is 2.39. The second-order valence-corrected chi connectivity index (χ2v) is 8.78. The number of aromatic nitrogens is 3. The van der Waals surface area contributed by atoms with Crippen molar-refractivity contribution in [2.24, 2.45) is 0 Å². The van der Waals surface area contributed by atoms with E-state index in [0.29, 0.717) is 30.2 Å². The number of nitrogens with two attached hydrogens (primary N) is 1. The first-order valence-electron chi connectivity index (χ1n) is 11.5. The number of carbonyl (C=O) groups excluding carboxylic acids is 1. The lowest BCUT2D eigenvalue weighted by atomic mass is 9.73. The number of aryl methyl sites for hydroxylation is 1. The molecule has 4 N–H and O–H groups in total. The Morgan fingerprint density at radius 3 is 2.37 bits per heavy atom. The zero-order valence-electron chi connectivity index (χ0n) is 19.3. The van der Waals surface area contributed by atoms with E-state index in [1.54, 1.807) is 36.4 Å². The van der Waals surface area contributed by atoms with Crippen molar-refractivity contribution in [1.29, 1.82) is 0 Å². The molecular weight excluding hydrogens is 445 g/mol. The number of hydrogen-bond donors (Lipinski definition) is 3. The monoisotopic (exact) mass is 471 g/mol. The second kappa shape index (κ2) is 9.31. The third-order valence-electron chi connectivity index (χ3n) is 6.55. The minimum Gasteiger partial charge on any atom is -0.397 e. The molecule has 8 heteroatoms. The van der Waals surface area contributed by atoms with Gasteiger partial charge in [-0.1, -0.05) is 30.3 Å². The van der Waals surface area contributed by atoms with Crippen molar-refractivity contribution in [1.82, 2.24) is 15.2 Å². The predicted octanol–water partition coefficient (Wildman–Crippen LogP) is 4.85. The van der Waals surface area contributed by atoms with E-state index in [1.807, 2.05) is 25.1 Å². The number of halogens is 1. The number of amides is 1. The number of nitrogens with one attached hydrogen (secondary N) is 2. The maximum atomic E-state index is 13.3. The molecule has 0 unspecified atom stereocenters. The van der Waals surface area contributed by atoms with Gasteiger partial charge in [0.15, 0.2) is 5.82 Å². The van der Waals surface area contributed by atoms with E-state index < -0.39 is 0 Å². The van der Waals surface area contributed by atoms with Crippen LogP contribution in [0.4, 0.5) is 15.8 Å². The van der Waals surface area contributed by atoms with E-state index in [0.717, 1.165) is 41.2 Å². The molecule has 0 spiro atoms. The van der Waals surface area contributed by atoms with E-state index in [4.69, 9.17) is 10.5 Å². The van der Waals surface area contributed by atoms with Gasteiger partial charge in [0, 0.05) is 18.8 Å². The summed E-state index contributed by atoms with van der Waals surface area (Å²) in [5.41, 5.74) is 9.92. The average Bonchev–Trinajstić information content (AvgIpc) is 3.33. The Kier molecular flexibility index (Phi) is 6.05. The third-order valence-corrected chi connectivity index (χ3v) is 6.55. The number of H-pyrrole nitrogens is 1. The van der Waals surface area contributed by atoms with E-state index in [9.17, 15) is 9.18 Å². The van der Waals surface area contributed by atoms with Crippen molar-refractivity contribution in [3.8, 4) is 11.1 Å². The summed E-state index contributed by atoms with van der Waals surface area (Å²) in [5, 5.41) is 10.3. The summed E-state index contributed by atoms with van der Waals surface area (Å²) >= 11 is 0. The van der Waals surface area contributed by atoms with Crippen molar-refractivity contribution >= 4 is 17.3 Å². The number of carbonyl (C=O) groups is 1. The molecular formula is C27H26FN5O2. The van der Waals surface area contributed by atoms with E-state index in [2.05, 4.69) is 20.5 Å². The first kappa shape index (κ1) is 22.7. The highest BCUT2D eigenvalue weighted by atomic mass is 19.1. The van der Waals surface area contributed by atoms with Crippen LogP contribution >= 0.6 is 0 Å². The van der Waals surface area contributed by atoms with Gasteiger partial charge in [-0.25, -0.2) is 9.37 Å².